The highest BCUT2D eigenvalue weighted by molar-refractivity contribution is 8.00. The maximum Gasteiger partial charge on any atom is 0.250 e. The molecule has 4 nitrogen and oxygen atoms in total. The van der Waals surface area contributed by atoms with Crippen molar-refractivity contribution in [1.29, 1.82) is 0 Å². The van der Waals surface area contributed by atoms with Crippen LogP contribution in [0.25, 0.3) is 6.08 Å². The van der Waals surface area contributed by atoms with Crippen LogP contribution in [0.5, 0.6) is 0 Å². The lowest BCUT2D eigenvalue weighted by molar-refractivity contribution is -0.111. The number of thioether (sulfide) groups is 1. The summed E-state index contributed by atoms with van der Waals surface area (Å²) in [5.74, 6) is -0.205. The molecule has 0 unspecified atom stereocenters. The van der Waals surface area contributed by atoms with Crippen LogP contribution in [0.1, 0.15) is 31.9 Å². The Hall–Kier alpha value is -1.66. The molecule has 0 aliphatic heterocycles. The van der Waals surface area contributed by atoms with Gasteiger partial charge in [0.1, 0.15) is 0 Å². The molecule has 0 saturated carbocycles. The van der Waals surface area contributed by atoms with Crippen LogP contribution in [-0.4, -0.2) is 22.4 Å². The van der Waals surface area contributed by atoms with E-state index in [-0.39, 0.29) is 11.3 Å². The Morgan fingerprint density at radius 1 is 1.23 bits per heavy atom. The first-order chi connectivity index (χ1) is 10.4. The molecule has 0 radical (unpaired) electrons. The Kier molecular flexibility index (Phi) is 5.37. The minimum absolute atomic E-state index is 0.131. The van der Waals surface area contributed by atoms with E-state index in [1.807, 2.05) is 18.4 Å². The summed E-state index contributed by atoms with van der Waals surface area (Å²) in [6, 6.07) is 8.21. The molecule has 1 N–H and O–H groups in total. The Morgan fingerprint density at radius 2 is 1.91 bits per heavy atom. The van der Waals surface area contributed by atoms with Crippen molar-refractivity contribution in [3.63, 3.8) is 0 Å². The largest absolute Gasteiger partial charge is 0.297 e. The van der Waals surface area contributed by atoms with E-state index in [9.17, 15) is 4.79 Å². The zero-order valence-corrected chi connectivity index (χ0v) is 14.7. The Bertz CT molecular complexity index is 669. The van der Waals surface area contributed by atoms with E-state index in [0.29, 0.717) is 5.13 Å². The van der Waals surface area contributed by atoms with Crippen LogP contribution in [0.4, 0.5) is 5.13 Å². The van der Waals surface area contributed by atoms with Crippen molar-refractivity contribution < 1.29 is 4.79 Å². The van der Waals surface area contributed by atoms with Gasteiger partial charge in [-0.2, -0.15) is 0 Å². The van der Waals surface area contributed by atoms with Crippen LogP contribution in [0.3, 0.4) is 0 Å². The zero-order chi connectivity index (χ0) is 16.2. The molecule has 0 saturated heterocycles. The van der Waals surface area contributed by atoms with Crippen molar-refractivity contribution >= 4 is 40.2 Å². The van der Waals surface area contributed by atoms with Crippen molar-refractivity contribution in [2.24, 2.45) is 0 Å². The van der Waals surface area contributed by atoms with Crippen LogP contribution in [0.2, 0.25) is 0 Å². The lowest BCUT2D eigenvalue weighted by Crippen LogP contribution is -2.10. The fourth-order valence-electron chi connectivity index (χ4n) is 1.76. The molecule has 2 aromatic rings. The van der Waals surface area contributed by atoms with Crippen LogP contribution in [-0.2, 0) is 10.2 Å². The third-order valence-electron chi connectivity index (χ3n) is 3.02. The van der Waals surface area contributed by atoms with Gasteiger partial charge in [0.15, 0.2) is 4.34 Å². The number of nitrogens with one attached hydrogen (secondary N) is 1. The molecule has 0 atom stereocenters. The second kappa shape index (κ2) is 7.07. The van der Waals surface area contributed by atoms with Crippen LogP contribution in [0.15, 0.2) is 34.7 Å². The van der Waals surface area contributed by atoms with Gasteiger partial charge in [-0.15, -0.1) is 10.2 Å². The summed E-state index contributed by atoms with van der Waals surface area (Å²) >= 11 is 2.87. The van der Waals surface area contributed by atoms with E-state index in [0.717, 1.165) is 9.90 Å². The molecule has 0 aliphatic carbocycles. The van der Waals surface area contributed by atoms with Gasteiger partial charge in [-0.3, -0.25) is 10.1 Å². The van der Waals surface area contributed by atoms with E-state index in [1.54, 1.807) is 6.08 Å². The molecule has 1 aromatic heterocycles. The van der Waals surface area contributed by atoms with E-state index >= 15 is 0 Å². The maximum absolute atomic E-state index is 11.8. The highest BCUT2D eigenvalue weighted by Crippen LogP contribution is 2.23. The first kappa shape index (κ1) is 16.7. The summed E-state index contributed by atoms with van der Waals surface area (Å²) in [5, 5.41) is 11.1. The smallest absolute Gasteiger partial charge is 0.250 e. The topological polar surface area (TPSA) is 54.9 Å². The van der Waals surface area contributed by atoms with Gasteiger partial charge in [0.2, 0.25) is 11.0 Å². The third kappa shape index (κ3) is 4.68. The summed E-state index contributed by atoms with van der Waals surface area (Å²) < 4.78 is 0.831. The quantitative estimate of drug-likeness (QED) is 0.517. The van der Waals surface area contributed by atoms with Crippen LogP contribution in [0, 0.1) is 0 Å². The van der Waals surface area contributed by atoms with Gasteiger partial charge in [-0.25, -0.2) is 0 Å². The van der Waals surface area contributed by atoms with E-state index in [1.165, 1.54) is 34.7 Å². The van der Waals surface area contributed by atoms with E-state index < -0.39 is 0 Å². The van der Waals surface area contributed by atoms with Crippen molar-refractivity contribution in [3.05, 3.63) is 41.5 Å². The summed E-state index contributed by atoms with van der Waals surface area (Å²) in [4.78, 5) is 11.8. The summed E-state index contributed by atoms with van der Waals surface area (Å²) in [7, 11) is 0. The molecule has 6 heteroatoms. The van der Waals surface area contributed by atoms with Gasteiger partial charge < -0.3 is 0 Å². The maximum atomic E-state index is 11.8. The van der Waals surface area contributed by atoms with Gasteiger partial charge in [-0.05, 0) is 28.9 Å². The fourth-order valence-corrected chi connectivity index (χ4v) is 2.93. The number of rotatable bonds is 4. The zero-order valence-electron chi connectivity index (χ0n) is 13.1. The third-order valence-corrected chi connectivity index (χ3v) is 4.83. The summed E-state index contributed by atoms with van der Waals surface area (Å²) in [6.07, 6.45) is 5.22. The number of benzene rings is 1. The van der Waals surface area contributed by atoms with Crippen LogP contribution >= 0.6 is 23.1 Å². The van der Waals surface area contributed by atoms with Gasteiger partial charge >= 0.3 is 0 Å². The highest BCUT2D eigenvalue weighted by atomic mass is 32.2. The van der Waals surface area contributed by atoms with Gasteiger partial charge in [0.25, 0.3) is 0 Å². The number of aromatic nitrogens is 2. The molecule has 1 heterocycles. The molecule has 22 heavy (non-hydrogen) atoms. The average Bonchev–Trinajstić information content (AvgIpc) is 2.92. The minimum atomic E-state index is -0.205. The Morgan fingerprint density at radius 3 is 2.45 bits per heavy atom. The first-order valence-corrected chi connectivity index (χ1v) is 8.90. The van der Waals surface area contributed by atoms with Crippen LogP contribution < -0.4 is 5.32 Å². The number of nitrogens with zero attached hydrogens (tertiary/aromatic N) is 2. The number of hydrogen-bond acceptors (Lipinski definition) is 5. The predicted molar refractivity (Wildman–Crippen MR) is 94.5 cm³/mol. The second-order valence-electron chi connectivity index (χ2n) is 5.77. The number of carbonyl (C=O) groups excluding carboxylic acids is 1. The molecule has 0 aliphatic rings. The molecule has 0 spiro atoms. The number of anilines is 1. The summed E-state index contributed by atoms with van der Waals surface area (Å²) in [5.41, 5.74) is 2.39. The molecule has 116 valence electrons. The standard InChI is InChI=1S/C16H19N3OS2/c1-16(2,3)12-8-5-11(6-9-12)7-10-13(20)17-14-18-19-15(21-4)22-14/h5-10H,1-4H3,(H,17,18,20)/b10-7+. The number of amides is 1. The van der Waals surface area contributed by atoms with E-state index in [4.69, 9.17) is 0 Å². The molecule has 0 fully saturated rings. The fraction of sp³-hybridized carbons (Fsp3) is 0.312. The number of hydrogen-bond donors (Lipinski definition) is 1. The SMILES string of the molecule is CSc1nnc(NC(=O)/C=C/c2ccc(C(C)(C)C)cc2)s1. The Labute approximate surface area is 139 Å². The molecule has 0 bridgehead atoms. The molecule has 2 rings (SSSR count). The monoisotopic (exact) mass is 333 g/mol. The molecule has 1 aromatic carbocycles. The van der Waals surface area contributed by atoms with Gasteiger partial charge in [0.05, 0.1) is 0 Å². The van der Waals surface area contributed by atoms with Crippen molar-refractivity contribution in [2.75, 3.05) is 11.6 Å². The molecular weight excluding hydrogens is 314 g/mol. The van der Waals surface area contributed by atoms with Gasteiger partial charge in [0, 0.05) is 6.08 Å². The van der Waals surface area contributed by atoms with Crippen molar-refractivity contribution in [2.45, 2.75) is 30.5 Å². The Balaban J connectivity index is 1.97. The first-order valence-electron chi connectivity index (χ1n) is 6.85. The number of carbonyl (C=O) groups is 1. The lowest BCUT2D eigenvalue weighted by atomic mass is 9.87. The summed E-state index contributed by atoms with van der Waals surface area (Å²) in [6.45, 7) is 6.53. The predicted octanol–water partition coefficient (Wildman–Crippen LogP) is 4.21. The van der Waals surface area contributed by atoms with Crippen molar-refractivity contribution in [1.82, 2.24) is 10.2 Å². The molecular formula is C16H19N3OS2. The second-order valence-corrected chi connectivity index (χ2v) is 7.80. The lowest BCUT2D eigenvalue weighted by Gasteiger charge is -2.18. The average molecular weight is 333 g/mol. The van der Waals surface area contributed by atoms with E-state index in [2.05, 4.69) is 48.4 Å². The van der Waals surface area contributed by atoms with Gasteiger partial charge in [-0.1, -0.05) is 68.1 Å². The van der Waals surface area contributed by atoms with Crippen molar-refractivity contribution in [3.8, 4) is 0 Å². The minimum Gasteiger partial charge on any atom is -0.297 e. The molecule has 1 amide bonds. The highest BCUT2D eigenvalue weighted by Gasteiger charge is 2.12. The normalized spacial score (nSPS) is 11.8.